The van der Waals surface area contributed by atoms with E-state index in [-0.39, 0.29) is 22.3 Å². The maximum Gasteiger partial charge on any atom is 0.248 e. The van der Waals surface area contributed by atoms with Gasteiger partial charge in [-0.2, -0.15) is 4.31 Å². The molecule has 2 aliphatic heterocycles. The molecule has 8 nitrogen and oxygen atoms in total. The van der Waals surface area contributed by atoms with Crippen LogP contribution < -0.4 is 10.5 Å². The largest absolute Gasteiger partial charge is 0.368 e. The Balaban J connectivity index is 1.19. The van der Waals surface area contributed by atoms with Crippen molar-refractivity contribution in [2.24, 2.45) is 5.92 Å². The van der Waals surface area contributed by atoms with Crippen molar-refractivity contribution >= 4 is 32.5 Å². The number of aromatic nitrogens is 1. The molecule has 1 amide bonds. The van der Waals surface area contributed by atoms with E-state index in [0.717, 1.165) is 13.1 Å². The second-order valence-electron chi connectivity index (χ2n) is 8.90. The number of sulfonamides is 1. The lowest BCUT2D eigenvalue weighted by Crippen LogP contribution is -2.52. The Labute approximate surface area is 198 Å². The summed E-state index contributed by atoms with van der Waals surface area (Å²) in [5, 5.41) is 0.667. The van der Waals surface area contributed by atoms with Gasteiger partial charge >= 0.3 is 0 Å². The number of para-hydroxylation sites is 1. The van der Waals surface area contributed by atoms with Gasteiger partial charge < -0.3 is 14.8 Å². The Morgan fingerprint density at radius 1 is 0.853 bits per heavy atom. The average Bonchev–Trinajstić information content (AvgIpc) is 2.88. The number of amides is 1. The van der Waals surface area contributed by atoms with Crippen molar-refractivity contribution in [3.05, 3.63) is 71.0 Å². The van der Waals surface area contributed by atoms with Crippen LogP contribution in [0, 0.1) is 5.92 Å². The molecule has 0 saturated carbocycles. The standard InChI is InChI=1S/C25H28N4O4S/c30-24-9-6-20-18-22(7-8-23(20)26-24)34(32,33)29-12-10-19(11-13-29)25(31)28-16-14-27(15-17-28)21-4-2-1-3-5-21/h1-9,18-19H,10-17H2,(H,26,30). The molecule has 34 heavy (non-hydrogen) atoms. The lowest BCUT2D eigenvalue weighted by atomic mass is 9.96. The van der Waals surface area contributed by atoms with Gasteiger partial charge in [0, 0.05) is 62.5 Å². The number of H-pyrrole nitrogens is 1. The number of fused-ring (bicyclic) bond motifs is 1. The lowest BCUT2D eigenvalue weighted by molar-refractivity contribution is -0.137. The second kappa shape index (κ2) is 9.23. The summed E-state index contributed by atoms with van der Waals surface area (Å²) in [6, 6.07) is 17.9. The summed E-state index contributed by atoms with van der Waals surface area (Å²) in [5.41, 5.74) is 1.55. The van der Waals surface area contributed by atoms with Gasteiger partial charge in [0.2, 0.25) is 21.5 Å². The molecule has 0 radical (unpaired) electrons. The van der Waals surface area contributed by atoms with E-state index in [9.17, 15) is 18.0 Å². The van der Waals surface area contributed by atoms with Crippen molar-refractivity contribution in [1.82, 2.24) is 14.2 Å². The predicted molar refractivity (Wildman–Crippen MR) is 131 cm³/mol. The normalized spacial score (nSPS) is 18.4. The molecule has 0 spiro atoms. The van der Waals surface area contributed by atoms with Crippen molar-refractivity contribution in [2.45, 2.75) is 17.7 Å². The molecular formula is C25H28N4O4S. The van der Waals surface area contributed by atoms with E-state index < -0.39 is 10.0 Å². The Bertz CT molecular complexity index is 1340. The minimum Gasteiger partial charge on any atom is -0.368 e. The maximum absolute atomic E-state index is 13.2. The van der Waals surface area contributed by atoms with E-state index in [1.807, 2.05) is 23.1 Å². The number of nitrogens with one attached hydrogen (secondary N) is 1. The van der Waals surface area contributed by atoms with Crippen LogP contribution in [0.5, 0.6) is 0 Å². The van der Waals surface area contributed by atoms with Crippen LogP contribution >= 0.6 is 0 Å². The third-order valence-electron chi connectivity index (χ3n) is 6.85. The van der Waals surface area contributed by atoms with Crippen molar-refractivity contribution in [2.75, 3.05) is 44.2 Å². The van der Waals surface area contributed by atoms with Crippen LogP contribution in [0.1, 0.15) is 12.8 Å². The predicted octanol–water partition coefficient (Wildman–Crippen LogP) is 2.28. The van der Waals surface area contributed by atoms with Gasteiger partial charge in [0.1, 0.15) is 0 Å². The number of hydrogen-bond acceptors (Lipinski definition) is 5. The minimum atomic E-state index is -3.67. The summed E-state index contributed by atoms with van der Waals surface area (Å²) in [6.07, 6.45) is 1.05. The SMILES string of the molecule is O=C(C1CCN(S(=O)(=O)c2ccc3[nH]c(=O)ccc3c2)CC1)N1CCN(c2ccccc2)CC1. The van der Waals surface area contributed by atoms with E-state index in [2.05, 4.69) is 22.0 Å². The summed E-state index contributed by atoms with van der Waals surface area (Å²) < 4.78 is 27.9. The number of anilines is 1. The topological polar surface area (TPSA) is 93.8 Å². The van der Waals surface area contributed by atoms with Gasteiger partial charge in [0.25, 0.3) is 0 Å². The molecule has 0 aliphatic carbocycles. The second-order valence-corrected chi connectivity index (χ2v) is 10.8. The first-order chi connectivity index (χ1) is 16.4. The zero-order valence-electron chi connectivity index (χ0n) is 18.9. The summed E-state index contributed by atoms with van der Waals surface area (Å²) in [7, 11) is -3.67. The Morgan fingerprint density at radius 2 is 1.56 bits per heavy atom. The van der Waals surface area contributed by atoms with Crippen LogP contribution in [-0.2, 0) is 14.8 Å². The van der Waals surface area contributed by atoms with Crippen molar-refractivity contribution in [1.29, 1.82) is 0 Å². The van der Waals surface area contributed by atoms with E-state index in [1.165, 1.54) is 22.1 Å². The summed E-state index contributed by atoms with van der Waals surface area (Å²) in [6.45, 7) is 3.63. The number of aromatic amines is 1. The average molecular weight is 481 g/mol. The molecule has 1 aromatic heterocycles. The highest BCUT2D eigenvalue weighted by molar-refractivity contribution is 7.89. The first-order valence-electron chi connectivity index (χ1n) is 11.6. The molecule has 2 aromatic carbocycles. The van der Waals surface area contributed by atoms with Crippen LogP contribution in [0.2, 0.25) is 0 Å². The van der Waals surface area contributed by atoms with Crippen LogP contribution in [0.15, 0.2) is 70.4 Å². The molecule has 0 unspecified atom stereocenters. The van der Waals surface area contributed by atoms with Crippen LogP contribution in [0.4, 0.5) is 5.69 Å². The Hall–Kier alpha value is -3.17. The minimum absolute atomic E-state index is 0.138. The number of nitrogens with zero attached hydrogens (tertiary/aromatic N) is 3. The van der Waals surface area contributed by atoms with Crippen molar-refractivity contribution in [3.8, 4) is 0 Å². The fourth-order valence-electron chi connectivity index (χ4n) is 4.87. The van der Waals surface area contributed by atoms with Crippen LogP contribution in [0.25, 0.3) is 10.9 Å². The number of pyridine rings is 1. The van der Waals surface area contributed by atoms with E-state index in [1.54, 1.807) is 18.2 Å². The monoisotopic (exact) mass is 480 g/mol. The number of benzene rings is 2. The molecular weight excluding hydrogens is 452 g/mol. The number of carbonyl (C=O) groups is 1. The molecule has 3 heterocycles. The molecule has 0 bridgehead atoms. The fraction of sp³-hybridized carbons (Fsp3) is 0.360. The molecule has 0 atom stereocenters. The third kappa shape index (κ3) is 4.45. The molecule has 5 rings (SSSR count). The fourth-order valence-corrected chi connectivity index (χ4v) is 6.37. The lowest BCUT2D eigenvalue weighted by Gasteiger charge is -2.39. The molecule has 1 N–H and O–H groups in total. The highest BCUT2D eigenvalue weighted by Gasteiger charge is 2.34. The van der Waals surface area contributed by atoms with Gasteiger partial charge in [-0.05, 0) is 54.6 Å². The smallest absolute Gasteiger partial charge is 0.248 e. The van der Waals surface area contributed by atoms with Gasteiger partial charge in [-0.1, -0.05) is 18.2 Å². The molecule has 2 fully saturated rings. The highest BCUT2D eigenvalue weighted by Crippen LogP contribution is 2.27. The van der Waals surface area contributed by atoms with Crippen molar-refractivity contribution in [3.63, 3.8) is 0 Å². The Kier molecular flexibility index (Phi) is 6.14. The summed E-state index contributed by atoms with van der Waals surface area (Å²) in [4.78, 5) is 31.7. The van der Waals surface area contributed by atoms with Crippen LogP contribution in [0.3, 0.4) is 0 Å². The molecule has 2 aliphatic rings. The maximum atomic E-state index is 13.2. The molecule has 3 aromatic rings. The number of rotatable bonds is 4. The third-order valence-corrected chi connectivity index (χ3v) is 8.74. The molecule has 2 saturated heterocycles. The van der Waals surface area contributed by atoms with Gasteiger partial charge in [-0.25, -0.2) is 8.42 Å². The number of carbonyl (C=O) groups excluding carboxylic acids is 1. The zero-order chi connectivity index (χ0) is 23.7. The quantitative estimate of drug-likeness (QED) is 0.618. The summed E-state index contributed by atoms with van der Waals surface area (Å²) in [5.74, 6) is -0.00387. The van der Waals surface area contributed by atoms with Gasteiger partial charge in [0.15, 0.2) is 0 Å². The highest BCUT2D eigenvalue weighted by atomic mass is 32.2. The molecule has 9 heteroatoms. The van der Waals surface area contributed by atoms with E-state index in [4.69, 9.17) is 0 Å². The van der Waals surface area contributed by atoms with E-state index >= 15 is 0 Å². The molecule has 178 valence electrons. The van der Waals surface area contributed by atoms with Crippen LogP contribution in [-0.4, -0.2) is 67.8 Å². The van der Waals surface area contributed by atoms with Gasteiger partial charge in [-0.3, -0.25) is 9.59 Å². The zero-order valence-corrected chi connectivity index (χ0v) is 19.7. The Morgan fingerprint density at radius 3 is 2.26 bits per heavy atom. The number of piperidine rings is 1. The van der Waals surface area contributed by atoms with Gasteiger partial charge in [0.05, 0.1) is 4.90 Å². The first kappa shape index (κ1) is 22.6. The van der Waals surface area contributed by atoms with Gasteiger partial charge in [-0.15, -0.1) is 0 Å². The van der Waals surface area contributed by atoms with Crippen molar-refractivity contribution < 1.29 is 13.2 Å². The number of piperazine rings is 1. The summed E-state index contributed by atoms with van der Waals surface area (Å²) >= 11 is 0. The van der Waals surface area contributed by atoms with E-state index in [0.29, 0.717) is 49.9 Å². The first-order valence-corrected chi connectivity index (χ1v) is 13.1. The number of hydrogen-bond donors (Lipinski definition) is 1.